The van der Waals surface area contributed by atoms with Crippen LogP contribution in [0.3, 0.4) is 0 Å². The average Bonchev–Trinajstić information content (AvgIpc) is 2.93. The molecule has 0 radical (unpaired) electrons. The van der Waals surface area contributed by atoms with Crippen molar-refractivity contribution in [3.8, 4) is 0 Å². The van der Waals surface area contributed by atoms with Gasteiger partial charge in [0.15, 0.2) is 0 Å². The molecule has 2 saturated carbocycles. The van der Waals surface area contributed by atoms with Crippen LogP contribution in [0, 0.1) is 11.8 Å². The fourth-order valence-corrected chi connectivity index (χ4v) is 4.90. The standard InChI is InChI=1S/C15H27N3O4S/c1-23(20,21)18-13-12(11-7-8-22-14(11)13)17-15(19)16-9-10-5-3-2-4-6-10/h10-14,18H,2-9H2,1H3,(H2,16,17,19)/t11-,12+,13-,14-/m0/s1. The van der Waals surface area contributed by atoms with E-state index in [9.17, 15) is 13.2 Å². The molecule has 7 nitrogen and oxygen atoms in total. The molecule has 0 aromatic heterocycles. The summed E-state index contributed by atoms with van der Waals surface area (Å²) in [5.41, 5.74) is 0. The normalized spacial score (nSPS) is 34.5. The Bertz CT molecular complexity index is 533. The van der Waals surface area contributed by atoms with E-state index in [1.165, 1.54) is 32.1 Å². The van der Waals surface area contributed by atoms with Gasteiger partial charge in [0.25, 0.3) is 0 Å². The monoisotopic (exact) mass is 345 g/mol. The fourth-order valence-electron chi connectivity index (χ4n) is 4.12. The van der Waals surface area contributed by atoms with E-state index in [-0.39, 0.29) is 30.1 Å². The minimum absolute atomic E-state index is 0.117. The number of urea groups is 1. The molecule has 1 aliphatic heterocycles. The minimum atomic E-state index is -3.32. The van der Waals surface area contributed by atoms with Crippen LogP contribution in [0.5, 0.6) is 0 Å². The van der Waals surface area contributed by atoms with Crippen molar-refractivity contribution in [1.82, 2.24) is 15.4 Å². The van der Waals surface area contributed by atoms with Gasteiger partial charge in [0.1, 0.15) is 0 Å². The Morgan fingerprint density at radius 3 is 2.57 bits per heavy atom. The van der Waals surface area contributed by atoms with Crippen LogP contribution in [0.25, 0.3) is 0 Å². The van der Waals surface area contributed by atoms with Gasteiger partial charge >= 0.3 is 6.03 Å². The molecule has 0 aromatic rings. The maximum atomic E-state index is 12.1. The van der Waals surface area contributed by atoms with E-state index in [0.29, 0.717) is 19.1 Å². The number of ether oxygens (including phenoxy) is 1. The van der Waals surface area contributed by atoms with Gasteiger partial charge in [-0.3, -0.25) is 0 Å². The predicted octanol–water partition coefficient (Wildman–Crippen LogP) is 0.571. The van der Waals surface area contributed by atoms with Crippen molar-refractivity contribution in [3.05, 3.63) is 0 Å². The van der Waals surface area contributed by atoms with Gasteiger partial charge in [-0.1, -0.05) is 19.3 Å². The molecule has 1 saturated heterocycles. The second-order valence-corrected chi connectivity index (χ2v) is 8.87. The summed E-state index contributed by atoms with van der Waals surface area (Å²) in [5.74, 6) is 0.776. The third kappa shape index (κ3) is 4.16. The molecule has 0 spiro atoms. The number of carbonyl (C=O) groups is 1. The molecule has 3 fully saturated rings. The number of nitrogens with one attached hydrogen (secondary N) is 3. The van der Waals surface area contributed by atoms with E-state index < -0.39 is 10.0 Å². The Hall–Kier alpha value is -0.860. The molecule has 4 atom stereocenters. The van der Waals surface area contributed by atoms with Gasteiger partial charge in [-0.05, 0) is 25.2 Å². The topological polar surface area (TPSA) is 96.5 Å². The smallest absolute Gasteiger partial charge is 0.315 e. The van der Waals surface area contributed by atoms with Crippen LogP contribution in [0.4, 0.5) is 4.79 Å². The zero-order valence-corrected chi connectivity index (χ0v) is 14.4. The van der Waals surface area contributed by atoms with Crippen molar-refractivity contribution in [2.45, 2.75) is 56.7 Å². The first kappa shape index (κ1) is 17.0. The van der Waals surface area contributed by atoms with Crippen LogP contribution in [-0.2, 0) is 14.8 Å². The highest BCUT2D eigenvalue weighted by Gasteiger charge is 2.55. The highest BCUT2D eigenvalue weighted by molar-refractivity contribution is 7.88. The van der Waals surface area contributed by atoms with Crippen LogP contribution in [0.2, 0.25) is 0 Å². The summed E-state index contributed by atoms with van der Waals surface area (Å²) in [6.07, 6.45) is 8.03. The fraction of sp³-hybridized carbons (Fsp3) is 0.933. The Kier molecular flexibility index (Phi) is 5.13. The largest absolute Gasteiger partial charge is 0.376 e. The summed E-state index contributed by atoms with van der Waals surface area (Å²) in [7, 11) is -3.32. The lowest BCUT2D eigenvalue weighted by atomic mass is 9.72. The number of sulfonamides is 1. The van der Waals surface area contributed by atoms with Crippen LogP contribution in [0.1, 0.15) is 38.5 Å². The molecule has 2 aliphatic carbocycles. The molecule has 0 unspecified atom stereocenters. The first-order valence-electron chi connectivity index (χ1n) is 8.57. The molecule has 1 heterocycles. The van der Waals surface area contributed by atoms with Gasteiger partial charge in [0, 0.05) is 19.1 Å². The maximum absolute atomic E-state index is 12.1. The van der Waals surface area contributed by atoms with Gasteiger partial charge in [-0.25, -0.2) is 17.9 Å². The zero-order valence-electron chi connectivity index (χ0n) is 13.6. The third-order valence-corrected chi connectivity index (χ3v) is 6.01. The van der Waals surface area contributed by atoms with Gasteiger partial charge in [0.2, 0.25) is 10.0 Å². The summed E-state index contributed by atoms with van der Waals surface area (Å²) in [4.78, 5) is 12.1. The third-order valence-electron chi connectivity index (χ3n) is 5.31. The SMILES string of the molecule is CS(=O)(=O)N[C@H]1[C@H](NC(=O)NCC2CCCCC2)[C@@H]2CCO[C@@H]21. The Balaban J connectivity index is 1.49. The Morgan fingerprint density at radius 2 is 1.87 bits per heavy atom. The van der Waals surface area contributed by atoms with Gasteiger partial charge in [0.05, 0.1) is 24.4 Å². The lowest BCUT2D eigenvalue weighted by molar-refractivity contribution is -0.0175. The maximum Gasteiger partial charge on any atom is 0.315 e. The van der Waals surface area contributed by atoms with E-state index in [0.717, 1.165) is 12.7 Å². The number of carbonyl (C=O) groups excluding carboxylic acids is 1. The molecule has 8 heteroatoms. The molecule has 0 bridgehead atoms. The van der Waals surface area contributed by atoms with Crippen molar-refractivity contribution in [3.63, 3.8) is 0 Å². The highest BCUT2D eigenvalue weighted by Crippen LogP contribution is 2.39. The molecule has 3 rings (SSSR count). The van der Waals surface area contributed by atoms with Gasteiger partial charge < -0.3 is 15.4 Å². The molecule has 2 amide bonds. The average molecular weight is 345 g/mol. The summed E-state index contributed by atoms with van der Waals surface area (Å²) < 4.78 is 31.2. The molecule has 132 valence electrons. The quantitative estimate of drug-likeness (QED) is 0.679. The van der Waals surface area contributed by atoms with Crippen LogP contribution < -0.4 is 15.4 Å². The van der Waals surface area contributed by atoms with E-state index in [1.54, 1.807) is 0 Å². The van der Waals surface area contributed by atoms with E-state index in [4.69, 9.17) is 4.74 Å². The number of hydrogen-bond acceptors (Lipinski definition) is 4. The van der Waals surface area contributed by atoms with Crippen molar-refractivity contribution >= 4 is 16.1 Å². The molecule has 23 heavy (non-hydrogen) atoms. The first-order chi connectivity index (χ1) is 10.9. The second-order valence-electron chi connectivity index (χ2n) is 7.09. The lowest BCUT2D eigenvalue weighted by Gasteiger charge is -2.47. The van der Waals surface area contributed by atoms with E-state index in [1.807, 2.05) is 0 Å². The van der Waals surface area contributed by atoms with Crippen molar-refractivity contribution in [2.24, 2.45) is 11.8 Å². The number of hydrogen-bond donors (Lipinski definition) is 3. The molecular formula is C15H27N3O4S. The van der Waals surface area contributed by atoms with Crippen molar-refractivity contribution < 1.29 is 17.9 Å². The molecule has 0 aromatic carbocycles. The molecule has 3 N–H and O–H groups in total. The number of amides is 2. The lowest BCUT2D eigenvalue weighted by Crippen LogP contribution is -2.71. The summed E-state index contributed by atoms with van der Waals surface area (Å²) in [6.45, 7) is 1.33. The Morgan fingerprint density at radius 1 is 1.13 bits per heavy atom. The van der Waals surface area contributed by atoms with E-state index >= 15 is 0 Å². The number of rotatable bonds is 5. The van der Waals surface area contributed by atoms with Gasteiger partial charge in [-0.15, -0.1) is 0 Å². The van der Waals surface area contributed by atoms with Gasteiger partial charge in [-0.2, -0.15) is 0 Å². The predicted molar refractivity (Wildman–Crippen MR) is 86.5 cm³/mol. The van der Waals surface area contributed by atoms with Crippen LogP contribution >= 0.6 is 0 Å². The minimum Gasteiger partial charge on any atom is -0.376 e. The zero-order chi connectivity index (χ0) is 16.4. The summed E-state index contributed by atoms with van der Waals surface area (Å²) in [5, 5.41) is 5.89. The Labute approximate surface area is 138 Å². The first-order valence-corrected chi connectivity index (χ1v) is 10.5. The summed E-state index contributed by atoms with van der Waals surface area (Å²) in [6, 6.07) is -0.757. The van der Waals surface area contributed by atoms with Crippen molar-refractivity contribution in [1.29, 1.82) is 0 Å². The van der Waals surface area contributed by atoms with E-state index in [2.05, 4.69) is 15.4 Å². The second kappa shape index (κ2) is 6.94. The highest BCUT2D eigenvalue weighted by atomic mass is 32.2. The molecular weight excluding hydrogens is 318 g/mol. The number of fused-ring (bicyclic) bond motifs is 1. The molecule has 3 aliphatic rings. The van der Waals surface area contributed by atoms with Crippen LogP contribution in [-0.4, -0.2) is 52.0 Å². The van der Waals surface area contributed by atoms with Crippen LogP contribution in [0.15, 0.2) is 0 Å². The van der Waals surface area contributed by atoms with Crippen molar-refractivity contribution in [2.75, 3.05) is 19.4 Å². The summed E-state index contributed by atoms with van der Waals surface area (Å²) >= 11 is 0.